The minimum atomic E-state index is -1.51. The van der Waals surface area contributed by atoms with Crippen LogP contribution in [0.2, 0.25) is 5.02 Å². The average molecular weight is 377 g/mol. The van der Waals surface area contributed by atoms with Crippen molar-refractivity contribution in [2.45, 2.75) is 24.9 Å². The summed E-state index contributed by atoms with van der Waals surface area (Å²) in [5.74, 6) is -1.56. The molecule has 4 amide bonds. The molecule has 136 valence electrons. The van der Waals surface area contributed by atoms with Crippen molar-refractivity contribution >= 4 is 47.1 Å². The molecule has 2 fully saturated rings. The van der Waals surface area contributed by atoms with Gasteiger partial charge in [0.05, 0.1) is 11.9 Å². The molecule has 1 saturated heterocycles. The van der Waals surface area contributed by atoms with Gasteiger partial charge in [-0.05, 0) is 31.0 Å². The number of urea groups is 1. The largest absolute Gasteiger partial charge is 0.323 e. The van der Waals surface area contributed by atoms with Crippen molar-refractivity contribution < 1.29 is 14.4 Å². The first-order chi connectivity index (χ1) is 12.4. The standard InChI is InChI=1S/C16H17ClN6O3/c17-10-5-2-6-11(7-10)22-23-12(8-18)13(24)20-16(9-3-1-4-9)14(25)19-15(26)21-16/h2,5-9,18,22H,1,3-4H2,(H,20,24)(H2,19,21,25,26)/b18-8?,23-12+. The van der Waals surface area contributed by atoms with Crippen LogP contribution in [0, 0.1) is 11.3 Å². The number of hydrogen-bond acceptors (Lipinski definition) is 6. The summed E-state index contributed by atoms with van der Waals surface area (Å²) < 4.78 is 0. The van der Waals surface area contributed by atoms with Crippen molar-refractivity contribution in [1.29, 1.82) is 5.41 Å². The smallest absolute Gasteiger partial charge is 0.320 e. The highest BCUT2D eigenvalue weighted by molar-refractivity contribution is 6.60. The molecule has 1 aromatic carbocycles. The molecular formula is C16H17ClN6O3. The lowest BCUT2D eigenvalue weighted by Crippen LogP contribution is -2.67. The number of benzene rings is 1. The molecule has 1 aliphatic carbocycles. The van der Waals surface area contributed by atoms with Gasteiger partial charge in [0.25, 0.3) is 11.8 Å². The molecule has 10 heteroatoms. The summed E-state index contributed by atoms with van der Waals surface area (Å²) in [7, 11) is 0. The van der Waals surface area contributed by atoms with E-state index in [0.717, 1.165) is 12.6 Å². The van der Waals surface area contributed by atoms with Gasteiger partial charge in [0, 0.05) is 10.9 Å². The molecule has 1 atom stereocenters. The Morgan fingerprint density at radius 3 is 2.69 bits per heavy atom. The molecule has 9 nitrogen and oxygen atoms in total. The Balaban J connectivity index is 1.77. The van der Waals surface area contributed by atoms with Crippen LogP contribution in [0.1, 0.15) is 19.3 Å². The number of halogens is 1. The number of carbonyl (C=O) groups is 3. The van der Waals surface area contributed by atoms with Crippen LogP contribution in [0.3, 0.4) is 0 Å². The normalized spacial score (nSPS) is 22.9. The molecule has 0 aromatic heterocycles. The van der Waals surface area contributed by atoms with Crippen molar-refractivity contribution in [1.82, 2.24) is 16.0 Å². The molecule has 1 saturated carbocycles. The Bertz CT molecular complexity index is 807. The Morgan fingerprint density at radius 2 is 2.15 bits per heavy atom. The molecule has 1 heterocycles. The van der Waals surface area contributed by atoms with Gasteiger partial charge < -0.3 is 16.0 Å². The molecule has 2 aliphatic rings. The van der Waals surface area contributed by atoms with Gasteiger partial charge in [0.15, 0.2) is 11.4 Å². The van der Waals surface area contributed by atoms with E-state index in [1.165, 1.54) is 0 Å². The number of rotatable bonds is 6. The number of hydrazone groups is 1. The third kappa shape index (κ3) is 3.38. The van der Waals surface area contributed by atoms with Crippen LogP contribution in [-0.4, -0.2) is 35.4 Å². The van der Waals surface area contributed by atoms with Gasteiger partial charge in [0.1, 0.15) is 0 Å². The highest BCUT2D eigenvalue weighted by Gasteiger charge is 2.55. The summed E-state index contributed by atoms with van der Waals surface area (Å²) in [6.07, 6.45) is 3.07. The van der Waals surface area contributed by atoms with Crippen molar-refractivity contribution in [3.63, 3.8) is 0 Å². The van der Waals surface area contributed by atoms with Gasteiger partial charge in [-0.15, -0.1) is 0 Å². The number of imide groups is 1. The van der Waals surface area contributed by atoms with E-state index in [1.807, 2.05) is 0 Å². The molecule has 0 bridgehead atoms. The van der Waals surface area contributed by atoms with Crippen molar-refractivity contribution in [2.24, 2.45) is 11.0 Å². The third-order valence-electron chi connectivity index (χ3n) is 4.42. The lowest BCUT2D eigenvalue weighted by atomic mass is 9.75. The predicted molar refractivity (Wildman–Crippen MR) is 96.2 cm³/mol. The third-order valence-corrected chi connectivity index (χ3v) is 4.66. The minimum absolute atomic E-state index is 0.203. The topological polar surface area (TPSA) is 136 Å². The van der Waals surface area contributed by atoms with Crippen molar-refractivity contribution in [2.75, 3.05) is 5.43 Å². The summed E-state index contributed by atoms with van der Waals surface area (Å²) in [5, 5.41) is 19.0. The minimum Gasteiger partial charge on any atom is -0.320 e. The van der Waals surface area contributed by atoms with E-state index in [4.69, 9.17) is 17.0 Å². The number of nitrogens with one attached hydrogen (secondary N) is 5. The highest BCUT2D eigenvalue weighted by atomic mass is 35.5. The fraction of sp³-hybridized carbons (Fsp3) is 0.312. The zero-order chi connectivity index (χ0) is 18.7. The van der Waals surface area contributed by atoms with Gasteiger partial charge in [-0.25, -0.2) is 4.79 Å². The second kappa shape index (κ2) is 7.12. The predicted octanol–water partition coefficient (Wildman–Crippen LogP) is 1.21. The monoisotopic (exact) mass is 376 g/mol. The molecule has 3 rings (SSSR count). The Labute approximate surface area is 154 Å². The quantitative estimate of drug-likeness (QED) is 0.289. The van der Waals surface area contributed by atoms with Crippen molar-refractivity contribution in [3.8, 4) is 0 Å². The van der Waals surface area contributed by atoms with E-state index in [9.17, 15) is 14.4 Å². The van der Waals surface area contributed by atoms with Crippen LogP contribution in [0.25, 0.3) is 0 Å². The summed E-state index contributed by atoms with van der Waals surface area (Å²) >= 11 is 5.88. The van der Waals surface area contributed by atoms with Gasteiger partial charge in [-0.1, -0.05) is 24.1 Å². The maximum absolute atomic E-state index is 12.5. The summed E-state index contributed by atoms with van der Waals surface area (Å²) in [5.41, 5.74) is 1.41. The first-order valence-electron chi connectivity index (χ1n) is 8.00. The van der Waals surface area contributed by atoms with Gasteiger partial charge in [0.2, 0.25) is 0 Å². The second-order valence-corrected chi connectivity index (χ2v) is 6.50. The molecule has 1 aliphatic heterocycles. The zero-order valence-corrected chi connectivity index (χ0v) is 14.4. The number of nitrogens with zero attached hydrogens (tertiary/aromatic N) is 1. The summed E-state index contributed by atoms with van der Waals surface area (Å²) in [6.45, 7) is 0. The lowest BCUT2D eigenvalue weighted by Gasteiger charge is -2.40. The number of anilines is 1. The van der Waals surface area contributed by atoms with Crippen molar-refractivity contribution in [3.05, 3.63) is 29.3 Å². The zero-order valence-electron chi connectivity index (χ0n) is 13.6. The lowest BCUT2D eigenvalue weighted by molar-refractivity contribution is -0.133. The Hall–Kier alpha value is -2.94. The highest BCUT2D eigenvalue weighted by Crippen LogP contribution is 2.36. The SMILES string of the molecule is N=C/C(=N\Nc1cccc(Cl)c1)C(=O)NC1(C2CCC2)NC(=O)NC1=O. The van der Waals surface area contributed by atoms with Crippen LogP contribution in [-0.2, 0) is 9.59 Å². The van der Waals surface area contributed by atoms with Gasteiger partial charge >= 0.3 is 6.03 Å². The molecule has 5 N–H and O–H groups in total. The van der Waals surface area contributed by atoms with E-state index in [2.05, 4.69) is 26.5 Å². The second-order valence-electron chi connectivity index (χ2n) is 6.06. The van der Waals surface area contributed by atoms with E-state index in [0.29, 0.717) is 23.6 Å². The number of carbonyl (C=O) groups excluding carboxylic acids is 3. The molecule has 0 spiro atoms. The molecular weight excluding hydrogens is 360 g/mol. The maximum atomic E-state index is 12.5. The van der Waals surface area contributed by atoms with Crippen LogP contribution in [0.5, 0.6) is 0 Å². The fourth-order valence-corrected chi connectivity index (χ4v) is 3.05. The van der Waals surface area contributed by atoms with E-state index >= 15 is 0 Å². The molecule has 1 unspecified atom stereocenters. The maximum Gasteiger partial charge on any atom is 0.323 e. The van der Waals surface area contributed by atoms with Crippen LogP contribution in [0.15, 0.2) is 29.4 Å². The first kappa shape index (κ1) is 17.9. The van der Waals surface area contributed by atoms with Crippen LogP contribution in [0.4, 0.5) is 10.5 Å². The van der Waals surface area contributed by atoms with Gasteiger partial charge in [-0.3, -0.25) is 20.3 Å². The molecule has 0 radical (unpaired) electrons. The van der Waals surface area contributed by atoms with Crippen LogP contribution >= 0.6 is 11.6 Å². The van der Waals surface area contributed by atoms with E-state index in [1.54, 1.807) is 24.3 Å². The summed E-state index contributed by atoms with van der Waals surface area (Å²) in [4.78, 5) is 36.4. The number of amides is 4. The average Bonchev–Trinajstić information content (AvgIpc) is 2.80. The Kier molecular flexibility index (Phi) is 4.90. The fourth-order valence-electron chi connectivity index (χ4n) is 2.86. The van der Waals surface area contributed by atoms with E-state index < -0.39 is 23.5 Å². The van der Waals surface area contributed by atoms with Crippen LogP contribution < -0.4 is 21.4 Å². The van der Waals surface area contributed by atoms with Gasteiger partial charge in [-0.2, -0.15) is 5.10 Å². The first-order valence-corrected chi connectivity index (χ1v) is 8.38. The van der Waals surface area contributed by atoms with E-state index in [-0.39, 0.29) is 11.6 Å². The Morgan fingerprint density at radius 1 is 1.38 bits per heavy atom. The molecule has 26 heavy (non-hydrogen) atoms. The molecule has 1 aromatic rings. The number of hydrogen-bond donors (Lipinski definition) is 5. The summed E-state index contributed by atoms with van der Waals surface area (Å²) in [6, 6.07) is 6.02.